The van der Waals surface area contributed by atoms with Crippen LogP contribution in [0.25, 0.3) is 0 Å². The number of benzene rings is 3. The standard InChI is InChI=1S/C21H18O3/c22-14-19-11-12-20(23-15-17-7-3-1-4-8-17)21(13-19)24-16-18-9-5-2-6-10-18/h1-14H,15-16H2/i14+1. The van der Waals surface area contributed by atoms with Crippen molar-refractivity contribution in [3.63, 3.8) is 0 Å². The topological polar surface area (TPSA) is 35.5 Å². The molecule has 0 aliphatic heterocycles. The quantitative estimate of drug-likeness (QED) is 0.469. The Morgan fingerprint density at radius 2 is 1.21 bits per heavy atom. The highest BCUT2D eigenvalue weighted by atomic mass is 16.5. The molecule has 3 aromatic carbocycles. The average molecular weight is 319 g/mol. The molecule has 0 unspecified atom stereocenters. The van der Waals surface area contributed by atoms with Gasteiger partial charge in [0.15, 0.2) is 11.5 Å². The van der Waals surface area contributed by atoms with Crippen LogP contribution in [0.3, 0.4) is 0 Å². The van der Waals surface area contributed by atoms with E-state index in [9.17, 15) is 4.79 Å². The summed E-state index contributed by atoms with van der Waals surface area (Å²) in [6.07, 6.45) is 0.802. The van der Waals surface area contributed by atoms with Crippen LogP contribution in [0.15, 0.2) is 78.9 Å². The number of rotatable bonds is 7. The minimum atomic E-state index is 0.421. The van der Waals surface area contributed by atoms with E-state index in [-0.39, 0.29) is 0 Å². The first-order valence-electron chi connectivity index (χ1n) is 7.78. The lowest BCUT2D eigenvalue weighted by atomic mass is 10.2. The van der Waals surface area contributed by atoms with Crippen molar-refractivity contribution in [2.75, 3.05) is 0 Å². The lowest BCUT2D eigenvalue weighted by Crippen LogP contribution is -2.01. The molecular weight excluding hydrogens is 301 g/mol. The number of carbonyl (C=O) groups is 1. The summed E-state index contributed by atoms with van der Waals surface area (Å²) in [5, 5.41) is 0. The summed E-state index contributed by atoms with van der Waals surface area (Å²) >= 11 is 0. The molecule has 0 aliphatic rings. The van der Waals surface area contributed by atoms with E-state index >= 15 is 0 Å². The zero-order chi connectivity index (χ0) is 16.6. The van der Waals surface area contributed by atoms with Gasteiger partial charge in [-0.2, -0.15) is 0 Å². The van der Waals surface area contributed by atoms with Gasteiger partial charge in [-0.25, -0.2) is 0 Å². The van der Waals surface area contributed by atoms with Gasteiger partial charge in [0.25, 0.3) is 0 Å². The molecule has 24 heavy (non-hydrogen) atoms. The smallest absolute Gasteiger partial charge is 0.162 e. The van der Waals surface area contributed by atoms with Crippen molar-refractivity contribution < 1.29 is 14.3 Å². The van der Waals surface area contributed by atoms with Crippen molar-refractivity contribution in [1.29, 1.82) is 0 Å². The SMILES string of the molecule is O=[13CH]c1ccc(OCc2ccccc2)c(OCc2ccccc2)c1. The maximum absolute atomic E-state index is 11.0. The summed E-state index contributed by atoms with van der Waals surface area (Å²) < 4.78 is 11.7. The Morgan fingerprint density at radius 1 is 0.667 bits per heavy atom. The molecule has 0 aliphatic carbocycles. The number of hydrogen-bond acceptors (Lipinski definition) is 3. The molecule has 0 atom stereocenters. The van der Waals surface area contributed by atoms with Crippen LogP contribution in [0.4, 0.5) is 0 Å². The largest absolute Gasteiger partial charge is 0.485 e. The summed E-state index contributed by atoms with van der Waals surface area (Å²) in [5.74, 6) is 1.19. The van der Waals surface area contributed by atoms with Crippen LogP contribution in [0, 0.1) is 0 Å². The molecule has 3 nitrogen and oxygen atoms in total. The van der Waals surface area contributed by atoms with Gasteiger partial charge in [0.2, 0.25) is 0 Å². The van der Waals surface area contributed by atoms with Crippen molar-refractivity contribution in [2.24, 2.45) is 0 Å². The van der Waals surface area contributed by atoms with Gasteiger partial charge in [-0.3, -0.25) is 4.79 Å². The van der Waals surface area contributed by atoms with Crippen LogP contribution in [-0.4, -0.2) is 6.29 Å². The molecule has 120 valence electrons. The molecule has 0 spiro atoms. The Labute approximate surface area is 141 Å². The van der Waals surface area contributed by atoms with Gasteiger partial charge < -0.3 is 9.47 Å². The van der Waals surface area contributed by atoms with Gasteiger partial charge in [-0.1, -0.05) is 60.7 Å². The summed E-state index contributed by atoms with van der Waals surface area (Å²) in [5.41, 5.74) is 2.69. The van der Waals surface area contributed by atoms with E-state index in [0.29, 0.717) is 30.3 Å². The first kappa shape index (κ1) is 15.8. The minimum Gasteiger partial charge on any atom is -0.485 e. The van der Waals surface area contributed by atoms with Crippen LogP contribution in [-0.2, 0) is 13.2 Å². The van der Waals surface area contributed by atoms with Crippen molar-refractivity contribution in [2.45, 2.75) is 13.2 Å². The maximum Gasteiger partial charge on any atom is 0.162 e. The zero-order valence-corrected chi connectivity index (χ0v) is 13.2. The van der Waals surface area contributed by atoms with Gasteiger partial charge >= 0.3 is 0 Å². The molecule has 0 N–H and O–H groups in total. The Bertz CT molecular complexity index is 783. The number of carbonyl (C=O) groups excluding carboxylic acids is 1. The third-order valence-electron chi connectivity index (χ3n) is 3.58. The van der Waals surface area contributed by atoms with E-state index in [1.54, 1.807) is 18.2 Å². The second kappa shape index (κ2) is 7.97. The van der Waals surface area contributed by atoms with E-state index in [1.165, 1.54) is 0 Å². The van der Waals surface area contributed by atoms with Gasteiger partial charge in [-0.05, 0) is 29.3 Å². The molecule has 3 heteroatoms. The Morgan fingerprint density at radius 3 is 1.75 bits per heavy atom. The number of ether oxygens (including phenoxy) is 2. The zero-order valence-electron chi connectivity index (χ0n) is 13.2. The van der Waals surface area contributed by atoms with E-state index in [0.717, 1.165) is 17.4 Å². The van der Waals surface area contributed by atoms with Crippen molar-refractivity contribution in [1.82, 2.24) is 0 Å². The molecule has 0 amide bonds. The van der Waals surface area contributed by atoms with Gasteiger partial charge in [-0.15, -0.1) is 0 Å². The van der Waals surface area contributed by atoms with Crippen LogP contribution in [0.1, 0.15) is 21.5 Å². The minimum absolute atomic E-state index is 0.421. The van der Waals surface area contributed by atoms with E-state index in [2.05, 4.69) is 0 Å². The molecule has 0 saturated heterocycles. The van der Waals surface area contributed by atoms with Crippen molar-refractivity contribution in [3.8, 4) is 11.5 Å². The lowest BCUT2D eigenvalue weighted by Gasteiger charge is -2.13. The highest BCUT2D eigenvalue weighted by molar-refractivity contribution is 5.76. The predicted octanol–water partition coefficient (Wildman–Crippen LogP) is 4.66. The molecule has 0 bridgehead atoms. The van der Waals surface area contributed by atoms with Gasteiger partial charge in [0.1, 0.15) is 19.5 Å². The summed E-state index contributed by atoms with van der Waals surface area (Å²) in [6.45, 7) is 0.869. The molecule has 0 heterocycles. The Balaban J connectivity index is 1.74. The highest BCUT2D eigenvalue weighted by Gasteiger charge is 2.08. The van der Waals surface area contributed by atoms with Crippen LogP contribution >= 0.6 is 0 Å². The average Bonchev–Trinajstić information content (AvgIpc) is 2.66. The van der Waals surface area contributed by atoms with Crippen LogP contribution in [0.2, 0.25) is 0 Å². The van der Waals surface area contributed by atoms with Crippen molar-refractivity contribution >= 4 is 6.29 Å². The third-order valence-corrected chi connectivity index (χ3v) is 3.58. The van der Waals surface area contributed by atoms with Crippen LogP contribution < -0.4 is 9.47 Å². The fraction of sp³-hybridized carbons (Fsp3) is 0.0952. The Hall–Kier alpha value is -3.07. The van der Waals surface area contributed by atoms with Crippen molar-refractivity contribution in [3.05, 3.63) is 95.6 Å². The second-order valence-corrected chi connectivity index (χ2v) is 5.37. The third kappa shape index (κ3) is 4.23. The summed E-state index contributed by atoms with van der Waals surface area (Å²) in [6, 6.07) is 25.0. The first-order chi connectivity index (χ1) is 11.8. The molecule has 3 aromatic rings. The molecule has 0 aromatic heterocycles. The Kier molecular flexibility index (Phi) is 5.25. The molecule has 0 radical (unpaired) electrons. The normalized spacial score (nSPS) is 10.2. The maximum atomic E-state index is 11.0. The molecular formula is C21H18O3. The molecule has 3 rings (SSSR count). The number of aldehydes is 1. The second-order valence-electron chi connectivity index (χ2n) is 5.37. The van der Waals surface area contributed by atoms with Gasteiger partial charge in [0, 0.05) is 5.56 Å². The van der Waals surface area contributed by atoms with Crippen LogP contribution in [0.5, 0.6) is 11.5 Å². The highest BCUT2D eigenvalue weighted by Crippen LogP contribution is 2.29. The molecule has 0 saturated carbocycles. The first-order valence-corrected chi connectivity index (χ1v) is 7.78. The van der Waals surface area contributed by atoms with Gasteiger partial charge in [0.05, 0.1) is 0 Å². The molecule has 0 fully saturated rings. The summed E-state index contributed by atoms with van der Waals surface area (Å²) in [4.78, 5) is 11.0. The fourth-order valence-electron chi connectivity index (χ4n) is 2.30. The predicted molar refractivity (Wildman–Crippen MR) is 93.4 cm³/mol. The number of hydrogen-bond donors (Lipinski definition) is 0. The lowest BCUT2D eigenvalue weighted by molar-refractivity contribution is 0.112. The summed E-state index contributed by atoms with van der Waals surface area (Å²) in [7, 11) is 0. The monoisotopic (exact) mass is 319 g/mol. The fourth-order valence-corrected chi connectivity index (χ4v) is 2.30. The van der Waals surface area contributed by atoms with E-state index in [4.69, 9.17) is 9.47 Å². The van der Waals surface area contributed by atoms with E-state index < -0.39 is 0 Å². The van der Waals surface area contributed by atoms with E-state index in [1.807, 2.05) is 60.7 Å².